The molecule has 144 valence electrons. The first-order valence-electron chi connectivity index (χ1n) is 8.77. The molecule has 0 bridgehead atoms. The minimum absolute atomic E-state index is 0.193. The van der Waals surface area contributed by atoms with Gasteiger partial charge in [0.05, 0.1) is 25.4 Å². The van der Waals surface area contributed by atoms with Gasteiger partial charge in [-0.05, 0) is 20.8 Å². The predicted molar refractivity (Wildman–Crippen MR) is 100 cm³/mol. The van der Waals surface area contributed by atoms with Gasteiger partial charge < -0.3 is 4.74 Å². The van der Waals surface area contributed by atoms with Gasteiger partial charge in [-0.2, -0.15) is 0 Å². The minimum atomic E-state index is -0.693. The maximum atomic E-state index is 13.1. The Kier molecular flexibility index (Phi) is 4.97. The highest BCUT2D eigenvalue weighted by atomic mass is 16.5. The molecule has 9 heteroatoms. The molecule has 1 aromatic rings. The van der Waals surface area contributed by atoms with Gasteiger partial charge in [0.15, 0.2) is 0 Å². The van der Waals surface area contributed by atoms with E-state index in [0.29, 0.717) is 18.3 Å². The van der Waals surface area contributed by atoms with Crippen LogP contribution in [0.1, 0.15) is 17.0 Å². The molecule has 9 nitrogen and oxygen atoms in total. The number of methoxy groups -OCH3 is 1. The van der Waals surface area contributed by atoms with Crippen LogP contribution in [0.15, 0.2) is 17.6 Å². The molecular formula is C18H25N6O3+. The molecule has 1 fully saturated rings. The second-order valence-corrected chi connectivity index (χ2v) is 6.65. The van der Waals surface area contributed by atoms with Gasteiger partial charge in [-0.1, -0.05) is 17.6 Å². The second kappa shape index (κ2) is 7.07. The lowest BCUT2D eigenvalue weighted by Crippen LogP contribution is -2.63. The number of amides is 3. The summed E-state index contributed by atoms with van der Waals surface area (Å²) in [5, 5.41) is 4.57. The number of aromatic nitrogens is 2. The average Bonchev–Trinajstić information content (AvgIpc) is 3.13. The molecule has 0 aliphatic carbocycles. The van der Waals surface area contributed by atoms with Crippen molar-refractivity contribution in [2.75, 3.05) is 33.9 Å². The Bertz CT molecular complexity index is 882. The van der Waals surface area contributed by atoms with Crippen molar-refractivity contribution in [1.29, 1.82) is 0 Å². The Hall–Kier alpha value is -2.81. The molecular weight excluding hydrogens is 348 g/mol. The fraction of sp³-hybridized carbons (Fsp3) is 0.500. The van der Waals surface area contributed by atoms with E-state index in [1.165, 1.54) is 16.9 Å². The molecule has 1 atom stereocenters. The number of hydrogen-bond acceptors (Lipinski definition) is 5. The number of rotatable bonds is 5. The van der Waals surface area contributed by atoms with Crippen molar-refractivity contribution in [3.05, 3.63) is 29.6 Å². The van der Waals surface area contributed by atoms with Crippen LogP contribution in [-0.4, -0.2) is 87.8 Å². The van der Waals surface area contributed by atoms with Gasteiger partial charge in [0.25, 0.3) is 5.91 Å². The Morgan fingerprint density at radius 1 is 1.30 bits per heavy atom. The monoisotopic (exact) mass is 373 g/mol. The van der Waals surface area contributed by atoms with Crippen LogP contribution >= 0.6 is 0 Å². The molecule has 0 aromatic carbocycles. The molecule has 2 aliphatic rings. The number of likely N-dealkylation sites (N-methyl/N-ethyl adjacent to an activating group) is 1. The number of ether oxygens (including phenoxy) is 1. The van der Waals surface area contributed by atoms with Crippen LogP contribution in [-0.2, 0) is 9.53 Å². The molecule has 1 aromatic heterocycles. The van der Waals surface area contributed by atoms with Crippen molar-refractivity contribution in [3.63, 3.8) is 0 Å². The Labute approximate surface area is 158 Å². The average molecular weight is 373 g/mol. The van der Waals surface area contributed by atoms with Gasteiger partial charge in [0, 0.05) is 19.7 Å². The number of amidine groups is 1. The molecule has 0 spiro atoms. The summed E-state index contributed by atoms with van der Waals surface area (Å²) >= 11 is 0. The first-order valence-corrected chi connectivity index (χ1v) is 8.77. The van der Waals surface area contributed by atoms with Crippen LogP contribution in [0, 0.1) is 20.8 Å². The van der Waals surface area contributed by atoms with Gasteiger partial charge in [0.2, 0.25) is 11.9 Å². The number of aryl methyl sites for hydroxylation is 1. The van der Waals surface area contributed by atoms with Crippen LogP contribution in [0.2, 0.25) is 0 Å². The molecule has 27 heavy (non-hydrogen) atoms. The van der Waals surface area contributed by atoms with Crippen molar-refractivity contribution in [1.82, 2.24) is 19.6 Å². The van der Waals surface area contributed by atoms with Crippen molar-refractivity contribution in [3.8, 4) is 0 Å². The van der Waals surface area contributed by atoms with E-state index in [9.17, 15) is 9.59 Å². The highest BCUT2D eigenvalue weighted by Gasteiger charge is 2.52. The van der Waals surface area contributed by atoms with Gasteiger partial charge >= 0.3 is 12.0 Å². The predicted octanol–water partition coefficient (Wildman–Crippen LogP) is 0.532. The topological polar surface area (TPSA) is 83.0 Å². The van der Waals surface area contributed by atoms with E-state index in [2.05, 4.69) is 16.7 Å². The number of fused-ring (bicyclic) bond motifs is 1. The lowest BCUT2D eigenvalue weighted by molar-refractivity contribution is -0.527. The molecule has 0 radical (unpaired) electrons. The highest BCUT2D eigenvalue weighted by Crippen LogP contribution is 2.22. The molecule has 3 rings (SSSR count). The van der Waals surface area contributed by atoms with E-state index in [0.717, 1.165) is 17.0 Å². The zero-order valence-corrected chi connectivity index (χ0v) is 16.4. The Morgan fingerprint density at radius 2 is 2.00 bits per heavy atom. The summed E-state index contributed by atoms with van der Waals surface area (Å²) in [5.41, 5.74) is 2.90. The standard InChI is InChI=1S/C18H25N6O3/c1-7-8-22-14-15(19-17(22)24-13(4)11(2)12(3)20-24)21(5)18(26)23(16(14)25)9-10-27-6/h7,14H,1,8-10H2,2-6H3/q+1. The number of aliphatic imine (C=N–C) groups is 1. The fourth-order valence-corrected chi connectivity index (χ4v) is 3.30. The summed E-state index contributed by atoms with van der Waals surface area (Å²) in [6.45, 7) is 10.6. The lowest BCUT2D eigenvalue weighted by Gasteiger charge is -2.33. The molecule has 1 unspecified atom stereocenters. The Balaban J connectivity index is 2.12. The molecule has 2 aliphatic heterocycles. The second-order valence-electron chi connectivity index (χ2n) is 6.65. The van der Waals surface area contributed by atoms with Gasteiger partial charge in [-0.15, -0.1) is 9.78 Å². The minimum Gasteiger partial charge on any atom is -0.383 e. The normalized spacial score (nSPS) is 19.7. The Morgan fingerprint density at radius 3 is 2.56 bits per heavy atom. The van der Waals surface area contributed by atoms with E-state index >= 15 is 0 Å². The summed E-state index contributed by atoms with van der Waals surface area (Å²) in [4.78, 5) is 33.0. The van der Waals surface area contributed by atoms with Crippen LogP contribution in [0.4, 0.5) is 4.79 Å². The number of imide groups is 1. The SMILES string of the molecule is C=CC[N+]1=C(n2nc(C)c(C)c2C)N=C2C1C(=O)N(CCOC)C(=O)N2C. The van der Waals surface area contributed by atoms with Crippen molar-refractivity contribution >= 4 is 23.7 Å². The van der Waals surface area contributed by atoms with E-state index in [4.69, 9.17) is 4.74 Å². The van der Waals surface area contributed by atoms with Crippen LogP contribution in [0.5, 0.6) is 0 Å². The van der Waals surface area contributed by atoms with Crippen molar-refractivity contribution < 1.29 is 18.9 Å². The third-order valence-electron chi connectivity index (χ3n) is 5.08. The van der Waals surface area contributed by atoms with Gasteiger partial charge in [-0.25, -0.2) is 9.37 Å². The van der Waals surface area contributed by atoms with E-state index < -0.39 is 12.1 Å². The fourth-order valence-electron chi connectivity index (χ4n) is 3.30. The third-order valence-corrected chi connectivity index (χ3v) is 5.08. The third kappa shape index (κ3) is 2.87. The van der Waals surface area contributed by atoms with Crippen LogP contribution in [0.3, 0.4) is 0 Å². The van der Waals surface area contributed by atoms with Crippen molar-refractivity contribution in [2.24, 2.45) is 4.99 Å². The first kappa shape index (κ1) is 19.0. The highest BCUT2D eigenvalue weighted by molar-refractivity contribution is 6.23. The zero-order valence-electron chi connectivity index (χ0n) is 16.4. The number of carbonyl (C=O) groups excluding carboxylic acids is 2. The molecule has 0 N–H and O–H groups in total. The molecule has 3 amide bonds. The molecule has 0 saturated carbocycles. The lowest BCUT2D eigenvalue weighted by atomic mass is 10.1. The molecule has 1 saturated heterocycles. The maximum absolute atomic E-state index is 13.1. The van der Waals surface area contributed by atoms with Crippen molar-refractivity contribution in [2.45, 2.75) is 26.8 Å². The quantitative estimate of drug-likeness (QED) is 0.557. The molecule has 3 heterocycles. The number of hydrogen-bond donors (Lipinski definition) is 0. The summed E-state index contributed by atoms with van der Waals surface area (Å²) in [5.74, 6) is 0.606. The van der Waals surface area contributed by atoms with E-state index in [-0.39, 0.29) is 19.1 Å². The van der Waals surface area contributed by atoms with E-state index in [1.807, 2.05) is 25.3 Å². The largest absolute Gasteiger partial charge is 0.421 e. The van der Waals surface area contributed by atoms with Gasteiger partial charge in [0.1, 0.15) is 5.69 Å². The van der Waals surface area contributed by atoms with Crippen LogP contribution < -0.4 is 0 Å². The summed E-state index contributed by atoms with van der Waals surface area (Å²) in [7, 11) is 3.16. The first-order chi connectivity index (χ1) is 12.8. The number of nitrogens with zero attached hydrogens (tertiary/aromatic N) is 6. The number of urea groups is 1. The summed E-state index contributed by atoms with van der Waals surface area (Å²) in [6.07, 6.45) is 1.71. The van der Waals surface area contributed by atoms with Gasteiger partial charge in [-0.3, -0.25) is 14.6 Å². The van der Waals surface area contributed by atoms with Crippen LogP contribution in [0.25, 0.3) is 0 Å². The van der Waals surface area contributed by atoms with E-state index in [1.54, 1.807) is 17.8 Å². The maximum Gasteiger partial charge on any atom is 0.421 e. The number of carbonyl (C=O) groups is 2. The smallest absolute Gasteiger partial charge is 0.383 e. The summed E-state index contributed by atoms with van der Waals surface area (Å²) in [6, 6.07) is -1.10. The summed E-state index contributed by atoms with van der Waals surface area (Å²) < 4.78 is 8.59. The zero-order chi connectivity index (χ0) is 19.9.